The minimum absolute atomic E-state index is 0.0117. The van der Waals surface area contributed by atoms with Gasteiger partial charge < -0.3 is 19.7 Å². The second-order valence-corrected chi connectivity index (χ2v) is 7.58. The molecule has 0 bridgehead atoms. The van der Waals surface area contributed by atoms with E-state index in [2.05, 4.69) is 5.32 Å². The molecule has 0 radical (unpaired) electrons. The average Bonchev–Trinajstić information content (AvgIpc) is 3.34. The Bertz CT molecular complexity index is 703. The third kappa shape index (κ3) is 5.61. The zero-order chi connectivity index (χ0) is 19.9. The number of carbonyl (C=O) groups is 3. The van der Waals surface area contributed by atoms with Crippen LogP contribution in [0.2, 0.25) is 5.02 Å². The lowest BCUT2D eigenvalue weighted by molar-refractivity contribution is -0.152. The van der Waals surface area contributed by atoms with Gasteiger partial charge in [-0.2, -0.15) is 0 Å². The van der Waals surface area contributed by atoms with E-state index in [1.54, 1.807) is 24.3 Å². The first-order valence-electron chi connectivity index (χ1n) is 9.64. The Morgan fingerprint density at radius 2 is 1.89 bits per heavy atom. The number of hydrogen-bond donors (Lipinski definition) is 1. The Hall–Kier alpha value is -2.28. The lowest BCUT2D eigenvalue weighted by atomic mass is 10.1. The highest BCUT2D eigenvalue weighted by molar-refractivity contribution is 6.30. The molecule has 1 aliphatic carbocycles. The van der Waals surface area contributed by atoms with E-state index in [0.29, 0.717) is 17.3 Å². The number of esters is 1. The van der Waals surface area contributed by atoms with Crippen molar-refractivity contribution in [2.24, 2.45) is 5.92 Å². The summed E-state index contributed by atoms with van der Waals surface area (Å²) in [5, 5.41) is 3.25. The van der Waals surface area contributed by atoms with Crippen molar-refractivity contribution in [2.75, 3.05) is 26.3 Å². The molecule has 28 heavy (non-hydrogen) atoms. The van der Waals surface area contributed by atoms with Crippen molar-refractivity contribution in [3.8, 4) is 5.75 Å². The van der Waals surface area contributed by atoms with E-state index in [1.807, 2.05) is 4.90 Å². The molecule has 1 saturated heterocycles. The van der Waals surface area contributed by atoms with E-state index in [1.165, 1.54) is 0 Å². The molecule has 1 saturated carbocycles. The number of nitrogens with one attached hydrogen (secondary N) is 1. The molecule has 0 spiro atoms. The summed E-state index contributed by atoms with van der Waals surface area (Å²) < 4.78 is 10.6. The molecule has 3 rings (SSSR count). The lowest BCUT2D eigenvalue weighted by Gasteiger charge is -2.23. The first-order valence-corrected chi connectivity index (χ1v) is 10.0. The van der Waals surface area contributed by atoms with Gasteiger partial charge in [0.1, 0.15) is 12.4 Å². The first-order chi connectivity index (χ1) is 13.5. The molecular formula is C20H25ClN2O5. The molecule has 8 heteroatoms. The first kappa shape index (κ1) is 20.5. The van der Waals surface area contributed by atoms with Crippen LogP contribution in [0.4, 0.5) is 0 Å². The van der Waals surface area contributed by atoms with Gasteiger partial charge in [-0.25, -0.2) is 0 Å². The van der Waals surface area contributed by atoms with Gasteiger partial charge in [0.25, 0.3) is 5.91 Å². The van der Waals surface area contributed by atoms with Crippen LogP contribution in [0.5, 0.6) is 5.75 Å². The molecule has 0 unspecified atom stereocenters. The van der Waals surface area contributed by atoms with E-state index in [9.17, 15) is 14.4 Å². The number of ether oxygens (including phenoxy) is 2. The zero-order valence-electron chi connectivity index (χ0n) is 15.7. The maximum absolute atomic E-state index is 12.2. The zero-order valence-corrected chi connectivity index (χ0v) is 16.5. The van der Waals surface area contributed by atoms with Crippen molar-refractivity contribution in [3.05, 3.63) is 29.3 Å². The van der Waals surface area contributed by atoms with Gasteiger partial charge in [0.05, 0.1) is 12.5 Å². The lowest BCUT2D eigenvalue weighted by Crippen LogP contribution is -2.36. The van der Waals surface area contributed by atoms with Crippen LogP contribution in [-0.2, 0) is 19.1 Å². The minimum atomic E-state index is -0.485. The number of nitrogens with zero attached hydrogens (tertiary/aromatic N) is 1. The monoisotopic (exact) mass is 408 g/mol. The predicted octanol–water partition coefficient (Wildman–Crippen LogP) is 2.17. The van der Waals surface area contributed by atoms with Crippen LogP contribution in [0.25, 0.3) is 0 Å². The number of hydrogen-bond acceptors (Lipinski definition) is 5. The summed E-state index contributed by atoms with van der Waals surface area (Å²) in [4.78, 5) is 38.0. The summed E-state index contributed by atoms with van der Waals surface area (Å²) in [6, 6.07) is 7.18. The fourth-order valence-corrected chi connectivity index (χ4v) is 3.78. The van der Waals surface area contributed by atoms with Gasteiger partial charge in [-0.05, 0) is 37.1 Å². The van der Waals surface area contributed by atoms with E-state index < -0.39 is 17.8 Å². The van der Waals surface area contributed by atoms with Crippen LogP contribution >= 0.6 is 11.6 Å². The van der Waals surface area contributed by atoms with Crippen LogP contribution in [0.3, 0.4) is 0 Å². The molecule has 1 aromatic carbocycles. The highest BCUT2D eigenvalue weighted by Gasteiger charge is 2.39. The highest BCUT2D eigenvalue weighted by atomic mass is 35.5. The number of halogens is 1. The SMILES string of the molecule is O=C(COC(=O)[C@@H]1CC(=O)N(C2CCCC2)C1)NCCOc1ccc(Cl)cc1. The predicted molar refractivity (Wildman–Crippen MR) is 103 cm³/mol. The Labute approximate surface area is 169 Å². The Morgan fingerprint density at radius 3 is 2.61 bits per heavy atom. The van der Waals surface area contributed by atoms with Crippen molar-refractivity contribution in [1.29, 1.82) is 0 Å². The number of amides is 2. The molecule has 2 fully saturated rings. The van der Waals surface area contributed by atoms with E-state index in [4.69, 9.17) is 21.1 Å². The van der Waals surface area contributed by atoms with Crippen molar-refractivity contribution >= 4 is 29.4 Å². The second kappa shape index (κ2) is 9.78. The van der Waals surface area contributed by atoms with Gasteiger partial charge in [0.15, 0.2) is 6.61 Å². The van der Waals surface area contributed by atoms with E-state index in [0.717, 1.165) is 25.7 Å². The largest absolute Gasteiger partial charge is 0.492 e. The fraction of sp³-hybridized carbons (Fsp3) is 0.550. The number of carbonyl (C=O) groups excluding carboxylic acids is 3. The van der Waals surface area contributed by atoms with E-state index in [-0.39, 0.29) is 38.1 Å². The third-order valence-electron chi connectivity index (χ3n) is 5.11. The second-order valence-electron chi connectivity index (χ2n) is 7.15. The van der Waals surface area contributed by atoms with Gasteiger partial charge >= 0.3 is 5.97 Å². The quantitative estimate of drug-likeness (QED) is 0.526. The van der Waals surface area contributed by atoms with Gasteiger partial charge in [-0.3, -0.25) is 14.4 Å². The number of likely N-dealkylation sites (tertiary alicyclic amines) is 1. The van der Waals surface area contributed by atoms with Gasteiger partial charge in [-0.15, -0.1) is 0 Å². The van der Waals surface area contributed by atoms with Crippen LogP contribution in [0.1, 0.15) is 32.1 Å². The molecule has 152 valence electrons. The molecular weight excluding hydrogens is 384 g/mol. The third-order valence-corrected chi connectivity index (χ3v) is 5.36. The summed E-state index contributed by atoms with van der Waals surface area (Å²) in [6.07, 6.45) is 4.45. The average molecular weight is 409 g/mol. The number of rotatable bonds is 8. The van der Waals surface area contributed by atoms with Gasteiger partial charge in [0, 0.05) is 24.0 Å². The Kier molecular flexibility index (Phi) is 7.14. The van der Waals surface area contributed by atoms with Crippen molar-refractivity contribution in [2.45, 2.75) is 38.1 Å². The van der Waals surface area contributed by atoms with Gasteiger partial charge in [0.2, 0.25) is 5.91 Å². The Morgan fingerprint density at radius 1 is 1.18 bits per heavy atom. The standard InChI is InChI=1S/C20H25ClN2O5/c21-15-5-7-17(8-6-15)27-10-9-22-18(24)13-28-20(26)14-11-19(25)23(12-14)16-3-1-2-4-16/h5-8,14,16H,1-4,9-13H2,(H,22,24)/t14-/m1/s1. The molecule has 1 atom stereocenters. The fourth-order valence-electron chi connectivity index (χ4n) is 3.65. The molecule has 1 heterocycles. The summed E-state index contributed by atoms with van der Waals surface area (Å²) in [6.45, 7) is 0.623. The van der Waals surface area contributed by atoms with Crippen LogP contribution in [0.15, 0.2) is 24.3 Å². The summed E-state index contributed by atoms with van der Waals surface area (Å²) >= 11 is 5.80. The molecule has 2 aliphatic rings. The molecule has 0 aromatic heterocycles. The van der Waals surface area contributed by atoms with Crippen molar-refractivity contribution < 1.29 is 23.9 Å². The molecule has 1 N–H and O–H groups in total. The summed E-state index contributed by atoms with van der Waals surface area (Å²) in [5.74, 6) is -0.693. The maximum atomic E-state index is 12.2. The molecule has 1 aliphatic heterocycles. The molecule has 7 nitrogen and oxygen atoms in total. The molecule has 1 aromatic rings. The highest BCUT2D eigenvalue weighted by Crippen LogP contribution is 2.29. The summed E-state index contributed by atoms with van der Waals surface area (Å²) in [5.41, 5.74) is 0. The van der Waals surface area contributed by atoms with Crippen LogP contribution in [-0.4, -0.2) is 55.0 Å². The van der Waals surface area contributed by atoms with Crippen molar-refractivity contribution in [3.63, 3.8) is 0 Å². The van der Waals surface area contributed by atoms with E-state index >= 15 is 0 Å². The minimum Gasteiger partial charge on any atom is -0.492 e. The smallest absolute Gasteiger partial charge is 0.311 e. The maximum Gasteiger partial charge on any atom is 0.311 e. The van der Waals surface area contributed by atoms with Gasteiger partial charge in [-0.1, -0.05) is 24.4 Å². The normalized spacial score (nSPS) is 19.7. The van der Waals surface area contributed by atoms with Crippen molar-refractivity contribution in [1.82, 2.24) is 10.2 Å². The van der Waals surface area contributed by atoms with Crippen LogP contribution in [0, 0.1) is 5.92 Å². The Balaban J connectivity index is 1.31. The van der Waals surface area contributed by atoms with Crippen LogP contribution < -0.4 is 10.1 Å². The summed E-state index contributed by atoms with van der Waals surface area (Å²) in [7, 11) is 0. The number of benzene rings is 1. The topological polar surface area (TPSA) is 84.9 Å². The molecule has 2 amide bonds.